The van der Waals surface area contributed by atoms with Crippen LogP contribution in [0.4, 0.5) is 5.13 Å². The quantitative estimate of drug-likeness (QED) is 0.851. The minimum atomic E-state index is -3.68. The van der Waals surface area contributed by atoms with Crippen LogP contribution in [0.2, 0.25) is 0 Å². The molecule has 0 fully saturated rings. The zero-order chi connectivity index (χ0) is 15.6. The van der Waals surface area contributed by atoms with Gasteiger partial charge in [0.25, 0.3) is 10.0 Å². The molecule has 2 aromatic rings. The Morgan fingerprint density at radius 1 is 1.43 bits per heavy atom. The second-order valence-electron chi connectivity index (χ2n) is 5.00. The molecule has 0 aliphatic carbocycles. The SMILES string of the molecule is CNCc1cc(S(=O)(=O)Nc2nc(C(C)C)cs2)c(C)o1. The predicted octanol–water partition coefficient (Wildman–Crippen LogP) is 2.69. The summed E-state index contributed by atoms with van der Waals surface area (Å²) in [6.45, 7) is 6.13. The standard InChI is InChI=1S/C13H19N3O3S2/c1-8(2)11-7-20-13(15-11)16-21(17,18)12-5-10(6-14-4)19-9(12)3/h5,7-8,14H,6H2,1-4H3,(H,15,16). The van der Waals surface area contributed by atoms with Crippen LogP contribution in [-0.2, 0) is 16.6 Å². The number of aryl methyl sites for hydroxylation is 1. The van der Waals surface area contributed by atoms with Gasteiger partial charge in [0.05, 0.1) is 12.2 Å². The van der Waals surface area contributed by atoms with Crippen molar-refractivity contribution in [1.29, 1.82) is 0 Å². The summed E-state index contributed by atoms with van der Waals surface area (Å²) in [6.07, 6.45) is 0. The van der Waals surface area contributed by atoms with Crippen molar-refractivity contribution >= 4 is 26.5 Å². The Morgan fingerprint density at radius 3 is 2.71 bits per heavy atom. The van der Waals surface area contributed by atoms with Crippen LogP contribution in [0.25, 0.3) is 0 Å². The number of furan rings is 1. The molecule has 116 valence electrons. The van der Waals surface area contributed by atoms with E-state index in [0.717, 1.165) is 5.69 Å². The van der Waals surface area contributed by atoms with Crippen molar-refractivity contribution in [1.82, 2.24) is 10.3 Å². The third-order valence-corrected chi connectivity index (χ3v) is 5.25. The van der Waals surface area contributed by atoms with Gasteiger partial charge in [0.1, 0.15) is 16.4 Å². The Hall–Kier alpha value is -1.38. The lowest BCUT2D eigenvalue weighted by Crippen LogP contribution is -2.13. The molecule has 2 N–H and O–H groups in total. The van der Waals surface area contributed by atoms with E-state index < -0.39 is 10.0 Å². The number of aromatic nitrogens is 1. The van der Waals surface area contributed by atoms with Crippen molar-refractivity contribution in [2.24, 2.45) is 0 Å². The third kappa shape index (κ3) is 3.63. The van der Waals surface area contributed by atoms with Crippen LogP contribution in [-0.4, -0.2) is 20.4 Å². The average molecular weight is 329 g/mol. The van der Waals surface area contributed by atoms with Gasteiger partial charge in [-0.2, -0.15) is 0 Å². The Morgan fingerprint density at radius 2 is 2.14 bits per heavy atom. The molecule has 8 heteroatoms. The van der Waals surface area contributed by atoms with Gasteiger partial charge in [-0.15, -0.1) is 11.3 Å². The van der Waals surface area contributed by atoms with E-state index in [0.29, 0.717) is 23.2 Å². The number of rotatable bonds is 6. The van der Waals surface area contributed by atoms with Gasteiger partial charge in [-0.3, -0.25) is 4.72 Å². The third-order valence-electron chi connectivity index (χ3n) is 2.90. The van der Waals surface area contributed by atoms with Crippen LogP contribution in [0, 0.1) is 6.92 Å². The summed E-state index contributed by atoms with van der Waals surface area (Å²) in [5.41, 5.74) is 0.873. The van der Waals surface area contributed by atoms with Crippen molar-refractivity contribution in [3.8, 4) is 0 Å². The Kier molecular flexibility index (Phi) is 4.70. The van der Waals surface area contributed by atoms with Crippen molar-refractivity contribution in [3.63, 3.8) is 0 Å². The van der Waals surface area contributed by atoms with Crippen molar-refractivity contribution in [3.05, 3.63) is 28.7 Å². The number of thiazole rings is 1. The molecule has 0 radical (unpaired) electrons. The molecule has 0 atom stereocenters. The molecule has 0 saturated heterocycles. The van der Waals surface area contributed by atoms with Crippen LogP contribution >= 0.6 is 11.3 Å². The fourth-order valence-corrected chi connectivity index (χ4v) is 4.15. The molecule has 2 aromatic heterocycles. The summed E-state index contributed by atoms with van der Waals surface area (Å²) < 4.78 is 32.7. The van der Waals surface area contributed by atoms with Gasteiger partial charge in [0.15, 0.2) is 5.13 Å². The zero-order valence-corrected chi connectivity index (χ0v) is 14.1. The fraction of sp³-hybridized carbons (Fsp3) is 0.462. The summed E-state index contributed by atoms with van der Waals surface area (Å²) in [5, 5.41) is 5.15. The molecule has 0 unspecified atom stereocenters. The minimum Gasteiger partial charge on any atom is -0.464 e. The fourth-order valence-electron chi connectivity index (χ4n) is 1.82. The molecule has 21 heavy (non-hydrogen) atoms. The van der Waals surface area contributed by atoms with E-state index >= 15 is 0 Å². The van der Waals surface area contributed by atoms with Crippen LogP contribution in [0.3, 0.4) is 0 Å². The lowest BCUT2D eigenvalue weighted by molar-refractivity contribution is 0.466. The van der Waals surface area contributed by atoms with E-state index in [9.17, 15) is 8.42 Å². The molecular weight excluding hydrogens is 310 g/mol. The van der Waals surface area contributed by atoms with Gasteiger partial charge in [0.2, 0.25) is 0 Å². The molecule has 0 bridgehead atoms. The first kappa shape index (κ1) is 16.0. The lowest BCUT2D eigenvalue weighted by Gasteiger charge is -2.03. The largest absolute Gasteiger partial charge is 0.464 e. The molecule has 0 saturated carbocycles. The summed E-state index contributed by atoms with van der Waals surface area (Å²) in [4.78, 5) is 4.43. The number of anilines is 1. The second-order valence-corrected chi connectivity index (χ2v) is 7.51. The average Bonchev–Trinajstić information content (AvgIpc) is 2.96. The molecular formula is C13H19N3O3S2. The van der Waals surface area contributed by atoms with Crippen LogP contribution in [0.1, 0.15) is 37.0 Å². The minimum absolute atomic E-state index is 0.147. The second kappa shape index (κ2) is 6.17. The lowest BCUT2D eigenvalue weighted by atomic mass is 10.2. The molecule has 0 aliphatic rings. The predicted molar refractivity (Wildman–Crippen MR) is 83.2 cm³/mol. The summed E-state index contributed by atoms with van der Waals surface area (Å²) in [5.74, 6) is 1.21. The highest BCUT2D eigenvalue weighted by atomic mass is 32.2. The van der Waals surface area contributed by atoms with Crippen molar-refractivity contribution in [2.75, 3.05) is 11.8 Å². The summed E-state index contributed by atoms with van der Waals surface area (Å²) in [6, 6.07) is 1.53. The number of hydrogen-bond acceptors (Lipinski definition) is 6. The van der Waals surface area contributed by atoms with Crippen molar-refractivity contribution in [2.45, 2.75) is 38.1 Å². The number of sulfonamides is 1. The first-order chi connectivity index (χ1) is 9.83. The van der Waals surface area contributed by atoms with Gasteiger partial charge in [-0.25, -0.2) is 13.4 Å². The number of nitrogens with zero attached hydrogens (tertiary/aromatic N) is 1. The van der Waals surface area contributed by atoms with Crippen LogP contribution < -0.4 is 10.0 Å². The topological polar surface area (TPSA) is 84.2 Å². The summed E-state index contributed by atoms with van der Waals surface area (Å²) >= 11 is 1.28. The highest BCUT2D eigenvalue weighted by Crippen LogP contribution is 2.26. The van der Waals surface area contributed by atoms with Gasteiger partial charge in [-0.1, -0.05) is 13.8 Å². The summed E-state index contributed by atoms with van der Waals surface area (Å²) in [7, 11) is -1.91. The van der Waals surface area contributed by atoms with Gasteiger partial charge in [0, 0.05) is 11.4 Å². The molecule has 0 aromatic carbocycles. The van der Waals surface area contributed by atoms with Crippen LogP contribution in [0.5, 0.6) is 0 Å². The highest BCUT2D eigenvalue weighted by Gasteiger charge is 2.22. The first-order valence-corrected chi connectivity index (χ1v) is 8.92. The molecule has 0 spiro atoms. The van der Waals surface area contributed by atoms with Crippen molar-refractivity contribution < 1.29 is 12.8 Å². The van der Waals surface area contributed by atoms with E-state index in [2.05, 4.69) is 15.0 Å². The van der Waals surface area contributed by atoms with E-state index in [1.54, 1.807) is 14.0 Å². The number of hydrogen-bond donors (Lipinski definition) is 2. The van der Waals surface area contributed by atoms with Crippen LogP contribution in [0.15, 0.2) is 20.8 Å². The molecule has 6 nitrogen and oxygen atoms in total. The van der Waals surface area contributed by atoms with E-state index in [1.165, 1.54) is 17.4 Å². The molecule has 2 heterocycles. The molecule has 0 aliphatic heterocycles. The normalized spacial score (nSPS) is 12.0. The maximum Gasteiger partial charge on any atom is 0.267 e. The Bertz CT molecular complexity index is 717. The maximum absolute atomic E-state index is 12.4. The Balaban J connectivity index is 2.25. The molecule has 2 rings (SSSR count). The van der Waals surface area contributed by atoms with Gasteiger partial charge >= 0.3 is 0 Å². The first-order valence-electron chi connectivity index (χ1n) is 6.55. The van der Waals surface area contributed by atoms with E-state index in [4.69, 9.17) is 4.42 Å². The van der Waals surface area contributed by atoms with E-state index in [1.807, 2.05) is 19.2 Å². The zero-order valence-electron chi connectivity index (χ0n) is 12.4. The monoisotopic (exact) mass is 329 g/mol. The number of nitrogens with one attached hydrogen (secondary N) is 2. The van der Waals surface area contributed by atoms with E-state index in [-0.39, 0.29) is 10.8 Å². The highest BCUT2D eigenvalue weighted by molar-refractivity contribution is 7.93. The maximum atomic E-state index is 12.4. The van der Waals surface area contributed by atoms with Gasteiger partial charge < -0.3 is 9.73 Å². The molecule has 0 amide bonds. The Labute approximate surface area is 128 Å². The van der Waals surface area contributed by atoms with Gasteiger partial charge in [-0.05, 0) is 19.9 Å². The smallest absolute Gasteiger partial charge is 0.267 e.